The Morgan fingerprint density at radius 1 is 1.06 bits per heavy atom. The summed E-state index contributed by atoms with van der Waals surface area (Å²) in [4.78, 5) is 13.0. The van der Waals surface area contributed by atoms with Crippen molar-refractivity contribution in [1.29, 1.82) is 0 Å². The SMILES string of the molecule is O=C(O)c1c(Br)cccc1Sc1ccc(Br)cc1. The molecule has 92 valence electrons. The first-order valence-electron chi connectivity index (χ1n) is 5.03. The molecule has 0 amide bonds. The summed E-state index contributed by atoms with van der Waals surface area (Å²) >= 11 is 8.07. The lowest BCUT2D eigenvalue weighted by Gasteiger charge is -2.07. The molecule has 0 saturated heterocycles. The Morgan fingerprint density at radius 2 is 1.72 bits per heavy atom. The quantitative estimate of drug-likeness (QED) is 0.799. The van der Waals surface area contributed by atoms with Crippen molar-refractivity contribution < 1.29 is 9.90 Å². The monoisotopic (exact) mass is 386 g/mol. The molecule has 5 heteroatoms. The first-order valence-corrected chi connectivity index (χ1v) is 7.43. The van der Waals surface area contributed by atoms with Gasteiger partial charge in [-0.2, -0.15) is 0 Å². The van der Waals surface area contributed by atoms with Gasteiger partial charge in [0.05, 0.1) is 5.56 Å². The third-order valence-corrected chi connectivity index (χ3v) is 4.49. The van der Waals surface area contributed by atoms with Crippen LogP contribution in [0, 0.1) is 0 Å². The van der Waals surface area contributed by atoms with Gasteiger partial charge in [-0.05, 0) is 52.3 Å². The fraction of sp³-hybridized carbons (Fsp3) is 0. The first kappa shape index (κ1) is 13.6. The van der Waals surface area contributed by atoms with Crippen molar-refractivity contribution in [3.8, 4) is 0 Å². The Balaban J connectivity index is 2.37. The van der Waals surface area contributed by atoms with Gasteiger partial charge in [0, 0.05) is 18.7 Å². The molecule has 0 radical (unpaired) electrons. The zero-order chi connectivity index (χ0) is 13.1. The Kier molecular flexibility index (Phi) is 4.48. The maximum absolute atomic E-state index is 11.2. The van der Waals surface area contributed by atoms with Crippen LogP contribution < -0.4 is 0 Å². The zero-order valence-electron chi connectivity index (χ0n) is 9.06. The van der Waals surface area contributed by atoms with Gasteiger partial charge >= 0.3 is 5.97 Å². The predicted octanol–water partition coefficient (Wildman–Crippen LogP) is 5.06. The average Bonchev–Trinajstić information content (AvgIpc) is 2.32. The number of hydrogen-bond donors (Lipinski definition) is 1. The van der Waals surface area contributed by atoms with Crippen molar-refractivity contribution in [3.05, 3.63) is 57.0 Å². The third kappa shape index (κ3) is 3.16. The molecule has 2 rings (SSSR count). The van der Waals surface area contributed by atoms with Gasteiger partial charge < -0.3 is 5.11 Å². The molecule has 2 aromatic rings. The number of benzene rings is 2. The maximum Gasteiger partial charge on any atom is 0.338 e. The smallest absolute Gasteiger partial charge is 0.338 e. The highest BCUT2D eigenvalue weighted by atomic mass is 79.9. The van der Waals surface area contributed by atoms with Crippen molar-refractivity contribution >= 4 is 49.6 Å². The molecule has 2 aromatic carbocycles. The summed E-state index contributed by atoms with van der Waals surface area (Å²) in [5.74, 6) is -0.929. The average molecular weight is 388 g/mol. The lowest BCUT2D eigenvalue weighted by Crippen LogP contribution is -1.99. The molecule has 0 aliphatic carbocycles. The van der Waals surface area contributed by atoms with Crippen LogP contribution in [0.25, 0.3) is 0 Å². The van der Waals surface area contributed by atoms with Crippen molar-refractivity contribution in [2.24, 2.45) is 0 Å². The summed E-state index contributed by atoms with van der Waals surface area (Å²) in [7, 11) is 0. The van der Waals surface area contributed by atoms with Crippen molar-refractivity contribution in [3.63, 3.8) is 0 Å². The minimum Gasteiger partial charge on any atom is -0.478 e. The Labute approximate surface area is 126 Å². The number of hydrogen-bond acceptors (Lipinski definition) is 2. The van der Waals surface area contributed by atoms with Crippen molar-refractivity contribution in [1.82, 2.24) is 0 Å². The molecule has 0 bridgehead atoms. The highest BCUT2D eigenvalue weighted by Gasteiger charge is 2.14. The fourth-order valence-electron chi connectivity index (χ4n) is 1.43. The number of carboxylic acid groups (broad SMARTS) is 1. The maximum atomic E-state index is 11.2. The Hall–Kier alpha value is -0.780. The van der Waals surface area contributed by atoms with Gasteiger partial charge in [-0.1, -0.05) is 33.8 Å². The van der Waals surface area contributed by atoms with Gasteiger partial charge in [-0.3, -0.25) is 0 Å². The summed E-state index contributed by atoms with van der Waals surface area (Å²) in [5, 5.41) is 9.22. The van der Waals surface area contributed by atoms with Gasteiger partial charge in [0.25, 0.3) is 0 Å². The van der Waals surface area contributed by atoms with E-state index in [2.05, 4.69) is 31.9 Å². The summed E-state index contributed by atoms with van der Waals surface area (Å²) < 4.78 is 1.59. The van der Waals surface area contributed by atoms with Crippen LogP contribution in [0.4, 0.5) is 0 Å². The van der Waals surface area contributed by atoms with Crippen LogP contribution in [0.15, 0.2) is 61.2 Å². The van der Waals surface area contributed by atoms with Gasteiger partial charge in [0.2, 0.25) is 0 Å². The second-order valence-electron chi connectivity index (χ2n) is 3.47. The van der Waals surface area contributed by atoms with E-state index < -0.39 is 5.97 Å². The molecule has 0 unspecified atom stereocenters. The van der Waals surface area contributed by atoms with E-state index in [0.29, 0.717) is 10.0 Å². The lowest BCUT2D eigenvalue weighted by atomic mass is 10.2. The molecule has 2 nitrogen and oxygen atoms in total. The van der Waals surface area contributed by atoms with E-state index >= 15 is 0 Å². The summed E-state index contributed by atoms with van der Waals surface area (Å²) in [6.45, 7) is 0. The summed E-state index contributed by atoms with van der Waals surface area (Å²) in [6, 6.07) is 13.1. The van der Waals surface area contributed by atoms with E-state index in [1.54, 1.807) is 12.1 Å². The molecule has 0 aromatic heterocycles. The molecule has 18 heavy (non-hydrogen) atoms. The summed E-state index contributed by atoms with van der Waals surface area (Å²) in [5.41, 5.74) is 0.297. The van der Waals surface area contributed by atoms with Gasteiger partial charge in [0.15, 0.2) is 0 Å². The van der Waals surface area contributed by atoms with Crippen LogP contribution in [-0.4, -0.2) is 11.1 Å². The van der Waals surface area contributed by atoms with E-state index in [4.69, 9.17) is 0 Å². The van der Waals surface area contributed by atoms with Crippen LogP contribution in [0.1, 0.15) is 10.4 Å². The zero-order valence-corrected chi connectivity index (χ0v) is 13.0. The van der Waals surface area contributed by atoms with Crippen LogP contribution in [-0.2, 0) is 0 Å². The molecule has 0 aliphatic heterocycles. The third-order valence-electron chi connectivity index (χ3n) is 2.23. The normalized spacial score (nSPS) is 10.3. The predicted molar refractivity (Wildman–Crippen MR) is 79.4 cm³/mol. The van der Waals surface area contributed by atoms with Crippen molar-refractivity contribution in [2.45, 2.75) is 9.79 Å². The topological polar surface area (TPSA) is 37.3 Å². The number of carboxylic acids is 1. The molecular formula is C13H8Br2O2S. The Morgan fingerprint density at radius 3 is 2.33 bits per heavy atom. The number of aromatic carboxylic acids is 1. The number of halogens is 2. The second kappa shape index (κ2) is 5.91. The van der Waals surface area contributed by atoms with Crippen molar-refractivity contribution in [2.75, 3.05) is 0 Å². The molecular weight excluding hydrogens is 380 g/mol. The summed E-state index contributed by atoms with van der Waals surface area (Å²) in [6.07, 6.45) is 0. The number of carbonyl (C=O) groups is 1. The van der Waals surface area contributed by atoms with Crippen LogP contribution in [0.5, 0.6) is 0 Å². The second-order valence-corrected chi connectivity index (χ2v) is 6.36. The van der Waals surface area contributed by atoms with Crippen LogP contribution in [0.3, 0.4) is 0 Å². The van der Waals surface area contributed by atoms with Crippen LogP contribution >= 0.6 is 43.6 Å². The molecule has 0 atom stereocenters. The van der Waals surface area contributed by atoms with E-state index in [1.165, 1.54) is 11.8 Å². The molecule has 0 aliphatic rings. The minimum atomic E-state index is -0.929. The molecule has 0 fully saturated rings. The molecule has 0 spiro atoms. The highest BCUT2D eigenvalue weighted by Crippen LogP contribution is 2.34. The van der Waals surface area contributed by atoms with Gasteiger partial charge in [-0.25, -0.2) is 4.79 Å². The number of rotatable bonds is 3. The van der Waals surface area contributed by atoms with Gasteiger partial charge in [-0.15, -0.1) is 0 Å². The Bertz CT molecular complexity index is 582. The molecule has 0 saturated carbocycles. The molecule has 1 N–H and O–H groups in total. The van der Waals surface area contributed by atoms with E-state index in [1.807, 2.05) is 30.3 Å². The fourth-order valence-corrected chi connectivity index (χ4v) is 3.33. The largest absolute Gasteiger partial charge is 0.478 e. The lowest BCUT2D eigenvalue weighted by molar-refractivity contribution is 0.0692. The first-order chi connectivity index (χ1) is 8.58. The highest BCUT2D eigenvalue weighted by molar-refractivity contribution is 9.10. The van der Waals surface area contributed by atoms with E-state index in [-0.39, 0.29) is 0 Å². The molecule has 0 heterocycles. The van der Waals surface area contributed by atoms with E-state index in [0.717, 1.165) is 14.3 Å². The standard InChI is InChI=1S/C13H8Br2O2S/c14-8-4-6-9(7-5-8)18-11-3-1-2-10(15)12(11)13(16)17/h1-7H,(H,16,17). The van der Waals surface area contributed by atoms with E-state index in [9.17, 15) is 9.90 Å². The van der Waals surface area contributed by atoms with Crippen LogP contribution in [0.2, 0.25) is 0 Å². The minimum absolute atomic E-state index is 0.297. The van der Waals surface area contributed by atoms with Gasteiger partial charge in [0.1, 0.15) is 0 Å².